The number of piperidine rings is 1. The molecule has 3 aliphatic carbocycles. The molecule has 2 N–H and O–H groups in total. The number of hydrogen-bond donors (Lipinski definition) is 2. The van der Waals surface area contributed by atoms with Crippen molar-refractivity contribution < 1.29 is 24.1 Å². The molecule has 2 bridgehead atoms. The van der Waals surface area contributed by atoms with Crippen molar-refractivity contribution in [2.24, 2.45) is 5.92 Å². The minimum absolute atomic E-state index is 0.129. The highest BCUT2D eigenvalue weighted by Gasteiger charge is 2.74. The summed E-state index contributed by atoms with van der Waals surface area (Å²) in [5.41, 5.74) is 3.36. The zero-order valence-corrected chi connectivity index (χ0v) is 29.3. The third-order valence-corrected chi connectivity index (χ3v) is 11.9. The van der Waals surface area contributed by atoms with Crippen LogP contribution in [0.2, 0.25) is 0 Å². The number of phenols is 1. The van der Waals surface area contributed by atoms with E-state index in [2.05, 4.69) is 58.7 Å². The number of ether oxygens (including phenoxy) is 3. The van der Waals surface area contributed by atoms with Crippen LogP contribution in [0.4, 0.5) is 0 Å². The summed E-state index contributed by atoms with van der Waals surface area (Å²) in [6.07, 6.45) is 8.26. The molecule has 0 radical (unpaired) electrons. The zero-order valence-electron chi connectivity index (χ0n) is 29.3. The molecule has 2 aliphatic heterocycles. The molecular formula is C42H52N2O5. The number of nitrogens with one attached hydrogen (secondary N) is 1. The Morgan fingerprint density at radius 3 is 2.45 bits per heavy atom. The predicted molar refractivity (Wildman–Crippen MR) is 190 cm³/mol. The van der Waals surface area contributed by atoms with Crippen molar-refractivity contribution in [2.45, 2.75) is 119 Å². The van der Waals surface area contributed by atoms with Crippen LogP contribution < -0.4 is 10.1 Å². The van der Waals surface area contributed by atoms with Gasteiger partial charge in [-0.3, -0.25) is 15.0 Å². The monoisotopic (exact) mass is 664 g/mol. The summed E-state index contributed by atoms with van der Waals surface area (Å²) in [4.78, 5) is 16.6. The molecule has 1 spiro atoms. The molecule has 49 heavy (non-hydrogen) atoms. The van der Waals surface area contributed by atoms with Crippen LogP contribution >= 0.6 is 0 Å². The van der Waals surface area contributed by atoms with Crippen molar-refractivity contribution >= 4 is 5.97 Å². The van der Waals surface area contributed by atoms with Gasteiger partial charge in [-0.15, -0.1) is 0 Å². The third-order valence-electron chi connectivity index (χ3n) is 11.9. The fraction of sp³-hybridized carbons (Fsp3) is 0.548. The molecule has 2 saturated carbocycles. The molecule has 0 amide bonds. The molecule has 260 valence electrons. The second kappa shape index (κ2) is 12.7. The molecule has 2 unspecified atom stereocenters. The molecule has 5 aliphatic rings. The van der Waals surface area contributed by atoms with E-state index in [-0.39, 0.29) is 29.9 Å². The van der Waals surface area contributed by atoms with Crippen LogP contribution in [0.25, 0.3) is 0 Å². The molecule has 1 saturated heterocycles. The van der Waals surface area contributed by atoms with Crippen molar-refractivity contribution in [1.29, 1.82) is 0 Å². The normalized spacial score (nSPS) is 29.2. The maximum absolute atomic E-state index is 13.9. The number of benzene rings is 3. The summed E-state index contributed by atoms with van der Waals surface area (Å²) >= 11 is 0. The number of carbonyl (C=O) groups excluding carboxylic acids is 1. The van der Waals surface area contributed by atoms with Gasteiger partial charge in [0.2, 0.25) is 0 Å². The Labute approximate surface area is 291 Å². The molecular weight excluding hydrogens is 612 g/mol. The quantitative estimate of drug-likeness (QED) is 0.169. The molecule has 8 rings (SSSR count). The molecule has 3 fully saturated rings. The van der Waals surface area contributed by atoms with Gasteiger partial charge in [0.05, 0.1) is 11.0 Å². The molecule has 3 aromatic rings. The van der Waals surface area contributed by atoms with Gasteiger partial charge in [-0.1, -0.05) is 66.7 Å². The van der Waals surface area contributed by atoms with Crippen molar-refractivity contribution in [3.8, 4) is 11.5 Å². The number of aromatic hydroxyl groups is 1. The first-order valence-corrected chi connectivity index (χ1v) is 18.6. The first-order valence-electron chi connectivity index (χ1n) is 18.6. The number of phenolic OH excluding ortho intramolecular Hbond substituents is 1. The van der Waals surface area contributed by atoms with E-state index < -0.39 is 22.7 Å². The Hall–Kier alpha value is -3.39. The van der Waals surface area contributed by atoms with E-state index in [9.17, 15) is 9.90 Å². The second-order valence-electron chi connectivity index (χ2n) is 16.3. The number of likely N-dealkylation sites (tertiary alicyclic amines) is 1. The maximum atomic E-state index is 13.9. The first-order chi connectivity index (χ1) is 23.7. The summed E-state index contributed by atoms with van der Waals surface area (Å²) in [7, 11) is 0. The van der Waals surface area contributed by atoms with Crippen LogP contribution in [-0.4, -0.2) is 71.1 Å². The molecule has 2 heterocycles. The Kier molecular flexibility index (Phi) is 8.53. The van der Waals surface area contributed by atoms with Gasteiger partial charge in [-0.2, -0.15) is 0 Å². The van der Waals surface area contributed by atoms with Crippen LogP contribution in [0.5, 0.6) is 11.5 Å². The van der Waals surface area contributed by atoms with Crippen molar-refractivity contribution in [3.05, 3.63) is 95.1 Å². The van der Waals surface area contributed by atoms with E-state index in [1.807, 2.05) is 45.0 Å². The Bertz CT molecular complexity index is 1650. The lowest BCUT2D eigenvalue weighted by atomic mass is 9.48. The lowest BCUT2D eigenvalue weighted by Crippen LogP contribution is -2.79. The van der Waals surface area contributed by atoms with Gasteiger partial charge < -0.3 is 19.3 Å². The zero-order chi connectivity index (χ0) is 33.8. The number of nitrogens with zero attached hydrogens (tertiary/aromatic N) is 1. The number of aryl methyl sites for hydroxylation is 1. The van der Waals surface area contributed by atoms with Gasteiger partial charge in [0.1, 0.15) is 17.7 Å². The van der Waals surface area contributed by atoms with E-state index in [0.29, 0.717) is 18.8 Å². The lowest BCUT2D eigenvalue weighted by molar-refractivity contribution is -0.221. The van der Waals surface area contributed by atoms with E-state index in [1.165, 1.54) is 24.0 Å². The highest BCUT2D eigenvalue weighted by Crippen LogP contribution is 2.67. The van der Waals surface area contributed by atoms with Gasteiger partial charge in [0.25, 0.3) is 0 Å². The molecule has 6 atom stereocenters. The topological polar surface area (TPSA) is 80.3 Å². The third kappa shape index (κ3) is 5.96. The van der Waals surface area contributed by atoms with Crippen LogP contribution in [0.1, 0.15) is 81.5 Å². The van der Waals surface area contributed by atoms with E-state index in [1.54, 1.807) is 0 Å². The minimum atomic E-state index is -0.604. The molecule has 3 aromatic carbocycles. The average Bonchev–Trinajstić information content (AvgIpc) is 3.83. The van der Waals surface area contributed by atoms with Gasteiger partial charge in [0.15, 0.2) is 11.5 Å². The van der Waals surface area contributed by atoms with Crippen molar-refractivity contribution in [2.75, 3.05) is 19.7 Å². The Morgan fingerprint density at radius 2 is 1.73 bits per heavy atom. The number of esters is 1. The Morgan fingerprint density at radius 1 is 1.00 bits per heavy atom. The fourth-order valence-corrected chi connectivity index (χ4v) is 9.78. The lowest BCUT2D eigenvalue weighted by Gasteiger charge is -2.66. The van der Waals surface area contributed by atoms with Crippen LogP contribution in [0.15, 0.2) is 72.8 Å². The average molecular weight is 665 g/mol. The van der Waals surface area contributed by atoms with Crippen molar-refractivity contribution in [3.63, 3.8) is 0 Å². The van der Waals surface area contributed by atoms with E-state index in [0.717, 1.165) is 68.7 Å². The Balaban J connectivity index is 1.15. The second-order valence-corrected chi connectivity index (χ2v) is 16.3. The largest absolute Gasteiger partial charge is 0.504 e. The maximum Gasteiger partial charge on any atom is 0.324 e. The highest BCUT2D eigenvalue weighted by molar-refractivity contribution is 5.77. The SMILES string of the molecule is CC(C)(C)OC(=O)C(Cc1ccccc1)N[C@@H]1CC[C@@]2(OCCCc3ccccc3)C3Cc4ccc(O)c5c4[C@@]2(CCN3CC2CC2)[C@H]1O5. The van der Waals surface area contributed by atoms with E-state index >= 15 is 0 Å². The van der Waals surface area contributed by atoms with Crippen LogP contribution in [-0.2, 0) is 38.9 Å². The summed E-state index contributed by atoms with van der Waals surface area (Å²) < 4.78 is 20.4. The molecule has 7 nitrogen and oxygen atoms in total. The van der Waals surface area contributed by atoms with Gasteiger partial charge in [0, 0.05) is 30.8 Å². The van der Waals surface area contributed by atoms with Crippen molar-refractivity contribution in [1.82, 2.24) is 10.2 Å². The van der Waals surface area contributed by atoms with E-state index in [4.69, 9.17) is 14.2 Å². The summed E-state index contributed by atoms with van der Waals surface area (Å²) in [6.45, 7) is 8.55. The van der Waals surface area contributed by atoms with Crippen LogP contribution in [0, 0.1) is 5.92 Å². The summed E-state index contributed by atoms with van der Waals surface area (Å²) in [5, 5.41) is 15.1. The first kappa shape index (κ1) is 32.8. The molecule has 7 heteroatoms. The van der Waals surface area contributed by atoms with Gasteiger partial charge in [-0.05, 0) is 114 Å². The van der Waals surface area contributed by atoms with Gasteiger partial charge in [-0.25, -0.2) is 0 Å². The minimum Gasteiger partial charge on any atom is -0.504 e. The smallest absolute Gasteiger partial charge is 0.324 e. The number of carbonyl (C=O) groups is 1. The summed E-state index contributed by atoms with van der Waals surface area (Å²) in [5.74, 6) is 1.36. The predicted octanol–water partition coefficient (Wildman–Crippen LogP) is 6.52. The number of hydrogen-bond acceptors (Lipinski definition) is 7. The standard InChI is InChI=1S/C42H52N2O5/c1-40(2,3)49-39(46)33(25-29-13-8-5-9-14-29)43-32-20-21-42(47-24-10-15-28-11-6-4-7-12-28)35-26-31-18-19-34(45)37-36(31)41(42,38(32)48-37)22-23-44(35)27-30-16-17-30/h4-9,11-14,18-19,30,32-33,35,38,43,45H,10,15-17,20-27H2,1-3H3/t32-,33?,35?,38+,41+,42-/m1/s1. The van der Waals surface area contributed by atoms with Crippen LogP contribution in [0.3, 0.4) is 0 Å². The number of rotatable bonds is 12. The molecule has 0 aromatic heterocycles. The highest BCUT2D eigenvalue weighted by atomic mass is 16.6. The van der Waals surface area contributed by atoms with Gasteiger partial charge >= 0.3 is 5.97 Å². The summed E-state index contributed by atoms with van der Waals surface area (Å²) in [6, 6.07) is 24.4. The fourth-order valence-electron chi connectivity index (χ4n) is 9.78.